The van der Waals surface area contributed by atoms with E-state index in [1.165, 1.54) is 11.9 Å². The predicted octanol–water partition coefficient (Wildman–Crippen LogP) is 3.13. The normalized spacial score (nSPS) is 30.0. The second kappa shape index (κ2) is 9.95. The molecule has 4 rings (SSSR count). The van der Waals surface area contributed by atoms with E-state index >= 15 is 0 Å². The van der Waals surface area contributed by atoms with Gasteiger partial charge in [0.25, 0.3) is 0 Å². The van der Waals surface area contributed by atoms with Gasteiger partial charge in [0.15, 0.2) is 0 Å². The lowest BCUT2D eigenvalue weighted by atomic mass is 9.98. The van der Waals surface area contributed by atoms with Crippen molar-refractivity contribution in [2.45, 2.75) is 78.9 Å². The van der Waals surface area contributed by atoms with Gasteiger partial charge in [-0.05, 0) is 73.3 Å². The molecule has 10 heteroatoms. The maximum absolute atomic E-state index is 11.9. The highest BCUT2D eigenvalue weighted by molar-refractivity contribution is 5.89. The minimum Gasteiger partial charge on any atom is -0.481 e. The van der Waals surface area contributed by atoms with Gasteiger partial charge in [-0.2, -0.15) is 0 Å². The molecule has 0 radical (unpaired) electrons. The molecule has 0 aromatic rings. The van der Waals surface area contributed by atoms with E-state index in [0.717, 1.165) is 6.42 Å². The Morgan fingerprint density at radius 1 is 0.829 bits per heavy atom. The number of fused-ring (bicyclic) bond motifs is 2. The third-order valence-electron chi connectivity index (χ3n) is 6.90. The molecule has 0 bridgehead atoms. The largest absolute Gasteiger partial charge is 0.481 e. The van der Waals surface area contributed by atoms with Gasteiger partial charge in [-0.1, -0.05) is 6.92 Å². The SMILES string of the molecule is CC(C)(C)OC(=O)N1C[C@H]2C[C@@]2(C(=O)O)C1.CCC(=O)[C@@]12C[C@@H]1CN(C(=O)OC(C)(C)C)C2.CN. The molecule has 2 aliphatic carbocycles. The number of ether oxygens (including phenoxy) is 2. The van der Waals surface area contributed by atoms with E-state index in [9.17, 15) is 19.2 Å². The van der Waals surface area contributed by atoms with E-state index in [4.69, 9.17) is 14.6 Å². The second-order valence-corrected chi connectivity index (χ2v) is 11.9. The third-order valence-corrected chi connectivity index (χ3v) is 6.90. The summed E-state index contributed by atoms with van der Waals surface area (Å²) in [5.74, 6) is 0.0112. The molecule has 2 saturated carbocycles. The van der Waals surface area contributed by atoms with Crippen LogP contribution in [0.3, 0.4) is 0 Å². The number of carboxylic acid groups (broad SMARTS) is 1. The Morgan fingerprint density at radius 3 is 1.54 bits per heavy atom. The van der Waals surface area contributed by atoms with E-state index in [2.05, 4.69) is 5.73 Å². The molecular weight excluding hydrogens is 454 g/mol. The molecule has 4 aliphatic rings. The van der Waals surface area contributed by atoms with Crippen molar-refractivity contribution in [3.63, 3.8) is 0 Å². The van der Waals surface area contributed by atoms with E-state index in [1.807, 2.05) is 27.7 Å². The number of nitrogens with two attached hydrogens (primary N) is 1. The topological polar surface area (TPSA) is 139 Å². The van der Waals surface area contributed by atoms with Gasteiger partial charge < -0.3 is 30.1 Å². The van der Waals surface area contributed by atoms with Crippen molar-refractivity contribution in [1.82, 2.24) is 9.80 Å². The summed E-state index contributed by atoms with van der Waals surface area (Å²) in [4.78, 5) is 49.7. The van der Waals surface area contributed by atoms with Crippen LogP contribution in [-0.4, -0.2) is 83.3 Å². The van der Waals surface area contributed by atoms with Crippen LogP contribution in [0.15, 0.2) is 0 Å². The van der Waals surface area contributed by atoms with Crippen LogP contribution in [0.4, 0.5) is 9.59 Å². The Balaban J connectivity index is 0.000000231. The van der Waals surface area contributed by atoms with E-state index in [1.54, 1.807) is 25.7 Å². The predicted molar refractivity (Wildman–Crippen MR) is 130 cm³/mol. The fraction of sp³-hybridized carbons (Fsp3) is 0.840. The van der Waals surface area contributed by atoms with Crippen LogP contribution < -0.4 is 5.73 Å². The molecule has 0 unspecified atom stereocenters. The number of carbonyl (C=O) groups is 4. The molecular formula is C25H43N3O7. The minimum absolute atomic E-state index is 0.123. The third kappa shape index (κ3) is 6.45. The fourth-order valence-electron chi connectivity index (χ4n) is 5.01. The second-order valence-electron chi connectivity index (χ2n) is 11.9. The standard InChI is InChI=1S/C13H21NO3.C11H17NO4.CH5N/c1-5-10(15)13-6-9(13)7-14(8-13)11(16)17-12(2,3)4;1-10(2,3)16-9(15)12-5-7-4-11(7,6-12)8(13)14;1-2/h9H,5-8H2,1-4H3;7H,4-6H2,1-3H3,(H,13,14);2H2,1H3/t9-,13-;7-,11-;/m11./s1. The van der Waals surface area contributed by atoms with E-state index in [-0.39, 0.29) is 17.4 Å². The molecule has 4 fully saturated rings. The number of rotatable bonds is 3. The maximum atomic E-state index is 11.9. The van der Waals surface area contributed by atoms with Crippen molar-refractivity contribution < 1.29 is 33.8 Å². The van der Waals surface area contributed by atoms with Crippen molar-refractivity contribution in [3.05, 3.63) is 0 Å². The van der Waals surface area contributed by atoms with Gasteiger partial charge in [0.2, 0.25) is 0 Å². The summed E-state index contributed by atoms with van der Waals surface area (Å²) in [6.07, 6.45) is 1.53. The van der Waals surface area contributed by atoms with Crippen molar-refractivity contribution in [1.29, 1.82) is 0 Å². The molecule has 2 aliphatic heterocycles. The van der Waals surface area contributed by atoms with Gasteiger partial charge >= 0.3 is 18.2 Å². The van der Waals surface area contributed by atoms with Gasteiger partial charge in [-0.3, -0.25) is 9.59 Å². The van der Waals surface area contributed by atoms with Gasteiger partial charge in [-0.15, -0.1) is 0 Å². The highest BCUT2D eigenvalue weighted by Gasteiger charge is 2.67. The van der Waals surface area contributed by atoms with Crippen LogP contribution in [0.25, 0.3) is 0 Å². The van der Waals surface area contributed by atoms with Crippen molar-refractivity contribution in [2.75, 3.05) is 33.2 Å². The van der Waals surface area contributed by atoms with Crippen molar-refractivity contribution >= 4 is 23.9 Å². The van der Waals surface area contributed by atoms with Gasteiger partial charge in [-0.25, -0.2) is 9.59 Å². The Kier molecular flexibility index (Phi) is 8.21. The molecule has 3 N–H and O–H groups in total. The zero-order chi connectivity index (χ0) is 27.0. The quantitative estimate of drug-likeness (QED) is 0.606. The van der Waals surface area contributed by atoms with Crippen LogP contribution >= 0.6 is 0 Å². The Labute approximate surface area is 208 Å². The van der Waals surface area contributed by atoms with E-state index < -0.39 is 28.7 Å². The molecule has 2 amide bonds. The number of carbonyl (C=O) groups excluding carboxylic acids is 3. The number of hydrogen-bond donors (Lipinski definition) is 2. The van der Waals surface area contributed by atoms with Crippen LogP contribution in [0.2, 0.25) is 0 Å². The minimum atomic E-state index is -0.788. The van der Waals surface area contributed by atoms with Crippen LogP contribution in [-0.2, 0) is 19.1 Å². The van der Waals surface area contributed by atoms with E-state index in [0.29, 0.717) is 50.7 Å². The lowest BCUT2D eigenvalue weighted by molar-refractivity contribution is -0.143. The van der Waals surface area contributed by atoms with Crippen molar-refractivity contribution in [2.24, 2.45) is 28.4 Å². The average Bonchev–Trinajstić information content (AvgIpc) is 3.54. The lowest BCUT2D eigenvalue weighted by Gasteiger charge is -2.26. The summed E-state index contributed by atoms with van der Waals surface area (Å²) in [5, 5.41) is 9.07. The molecule has 10 nitrogen and oxygen atoms in total. The Bertz CT molecular complexity index is 847. The highest BCUT2D eigenvalue weighted by atomic mass is 16.6. The summed E-state index contributed by atoms with van der Waals surface area (Å²) in [5.41, 5.74) is 2.62. The zero-order valence-corrected chi connectivity index (χ0v) is 22.5. The highest BCUT2D eigenvalue weighted by Crippen LogP contribution is 2.59. The molecule has 0 spiro atoms. The van der Waals surface area contributed by atoms with Gasteiger partial charge in [0.05, 0.1) is 10.8 Å². The number of likely N-dealkylation sites (tertiary alicyclic amines) is 2. The molecule has 0 aromatic heterocycles. The number of ketones is 1. The lowest BCUT2D eigenvalue weighted by Crippen LogP contribution is -2.38. The number of nitrogens with zero attached hydrogens (tertiary/aromatic N) is 2. The zero-order valence-electron chi connectivity index (χ0n) is 22.5. The molecule has 4 atom stereocenters. The summed E-state index contributed by atoms with van der Waals surface area (Å²) >= 11 is 0. The Morgan fingerprint density at radius 2 is 1.20 bits per heavy atom. The van der Waals surface area contributed by atoms with Crippen LogP contribution in [0.1, 0.15) is 67.7 Å². The molecule has 2 saturated heterocycles. The molecule has 35 heavy (non-hydrogen) atoms. The molecule has 2 heterocycles. The number of amides is 2. The van der Waals surface area contributed by atoms with Crippen LogP contribution in [0, 0.1) is 22.7 Å². The monoisotopic (exact) mass is 497 g/mol. The Hall–Kier alpha value is -2.36. The first-order valence-corrected chi connectivity index (χ1v) is 12.3. The van der Waals surface area contributed by atoms with Gasteiger partial charge in [0.1, 0.15) is 17.0 Å². The summed E-state index contributed by atoms with van der Waals surface area (Å²) in [6, 6.07) is 0. The number of piperidine rings is 2. The summed E-state index contributed by atoms with van der Waals surface area (Å²) in [6.45, 7) is 14.9. The molecule has 0 aromatic carbocycles. The number of carboxylic acids is 1. The average molecular weight is 498 g/mol. The first-order chi connectivity index (χ1) is 16.0. The first kappa shape index (κ1) is 28.9. The number of hydrogen-bond acceptors (Lipinski definition) is 7. The summed E-state index contributed by atoms with van der Waals surface area (Å²) in [7, 11) is 1.50. The number of Topliss-reactive ketones (excluding diaryl/α,β-unsaturated/α-hetero) is 1. The fourth-order valence-corrected chi connectivity index (χ4v) is 5.01. The number of aliphatic carboxylic acids is 1. The van der Waals surface area contributed by atoms with Crippen molar-refractivity contribution in [3.8, 4) is 0 Å². The molecule has 200 valence electrons. The summed E-state index contributed by atoms with van der Waals surface area (Å²) < 4.78 is 10.5. The smallest absolute Gasteiger partial charge is 0.410 e. The van der Waals surface area contributed by atoms with Gasteiger partial charge in [0, 0.05) is 32.6 Å². The first-order valence-electron chi connectivity index (χ1n) is 12.3. The van der Waals surface area contributed by atoms with Crippen LogP contribution in [0.5, 0.6) is 0 Å². The maximum Gasteiger partial charge on any atom is 0.410 e.